The van der Waals surface area contributed by atoms with E-state index in [4.69, 9.17) is 5.73 Å². The first kappa shape index (κ1) is 12.7. The largest absolute Gasteiger partial charge is 0.492 e. The molecule has 2 N–H and O–H groups in total. The van der Waals surface area contributed by atoms with Gasteiger partial charge in [-0.3, -0.25) is 0 Å². The van der Waals surface area contributed by atoms with Crippen LogP contribution >= 0.6 is 15.9 Å². The van der Waals surface area contributed by atoms with Gasteiger partial charge in [0.1, 0.15) is 0 Å². The van der Waals surface area contributed by atoms with Crippen LogP contribution in [0, 0.1) is 10.1 Å². The summed E-state index contributed by atoms with van der Waals surface area (Å²) in [5.74, 6) is -0.442. The van der Waals surface area contributed by atoms with Crippen molar-refractivity contribution >= 4 is 21.9 Å². The molecule has 0 aliphatic heterocycles. The van der Waals surface area contributed by atoms with Gasteiger partial charge in [-0.25, -0.2) is 0 Å². The van der Waals surface area contributed by atoms with Crippen LogP contribution in [-0.4, -0.2) is 19.7 Å². The van der Waals surface area contributed by atoms with Crippen LogP contribution in [0.5, 0.6) is 0 Å². The minimum absolute atomic E-state index is 0.292. The number of hydrogen-bond acceptors (Lipinski definition) is 5. The molecule has 1 aromatic heterocycles. The highest BCUT2D eigenvalue weighted by atomic mass is 79.9. The molecule has 1 atom stereocenters. The van der Waals surface area contributed by atoms with Crippen molar-refractivity contribution < 1.29 is 4.92 Å². The molecular weight excluding hydrogens is 302 g/mol. The van der Waals surface area contributed by atoms with E-state index in [9.17, 15) is 10.1 Å². The van der Waals surface area contributed by atoms with E-state index >= 15 is 0 Å². The zero-order chi connectivity index (χ0) is 13.1. The third-order valence-corrected chi connectivity index (χ3v) is 2.96. The van der Waals surface area contributed by atoms with Gasteiger partial charge in [0.2, 0.25) is 0 Å². The topological polar surface area (TPSA) is 99.9 Å². The maximum atomic E-state index is 10.5. The van der Waals surface area contributed by atoms with Crippen LogP contribution in [0.25, 0.3) is 0 Å². The van der Waals surface area contributed by atoms with Crippen molar-refractivity contribution in [3.63, 3.8) is 0 Å². The Hall–Kier alpha value is -1.80. The fraction of sp³-hybridized carbons (Fsp3) is 0.200. The number of nitrogens with two attached hydrogens (primary N) is 1. The van der Waals surface area contributed by atoms with Gasteiger partial charge in [-0.15, -0.1) is 0 Å². The third kappa shape index (κ3) is 2.71. The van der Waals surface area contributed by atoms with E-state index in [-0.39, 0.29) is 6.04 Å². The van der Waals surface area contributed by atoms with Gasteiger partial charge < -0.3 is 15.8 Å². The lowest BCUT2D eigenvalue weighted by Crippen LogP contribution is -2.18. The highest BCUT2D eigenvalue weighted by molar-refractivity contribution is 9.10. The minimum atomic E-state index is -0.644. The molecule has 0 amide bonds. The van der Waals surface area contributed by atoms with Crippen molar-refractivity contribution in [1.82, 2.24) is 14.8 Å². The smallest absolute Gasteiger partial charge is 0.390 e. The monoisotopic (exact) mass is 311 g/mol. The molecule has 0 spiro atoms. The Morgan fingerprint density at radius 1 is 1.44 bits per heavy atom. The number of hydrogen-bond donors (Lipinski definition) is 1. The van der Waals surface area contributed by atoms with Crippen molar-refractivity contribution in [3.8, 4) is 0 Å². The number of benzene rings is 1. The molecule has 2 rings (SSSR count). The Morgan fingerprint density at radius 3 is 2.67 bits per heavy atom. The summed E-state index contributed by atoms with van der Waals surface area (Å²) in [6.07, 6.45) is 0. The quantitative estimate of drug-likeness (QED) is 0.683. The van der Waals surface area contributed by atoms with Gasteiger partial charge in [0.25, 0.3) is 4.73 Å². The molecule has 1 unspecified atom stereocenters. The Bertz CT molecular complexity index is 557. The normalized spacial score (nSPS) is 12.3. The molecule has 1 heterocycles. The van der Waals surface area contributed by atoms with Gasteiger partial charge >= 0.3 is 5.95 Å². The Kier molecular flexibility index (Phi) is 3.68. The fourth-order valence-electron chi connectivity index (χ4n) is 1.50. The van der Waals surface area contributed by atoms with Crippen molar-refractivity contribution in [2.24, 2.45) is 5.73 Å². The summed E-state index contributed by atoms with van der Waals surface area (Å²) in [6.45, 7) is 0.311. The number of nitrogens with zero attached hydrogens (tertiary/aromatic N) is 4. The summed E-state index contributed by atoms with van der Waals surface area (Å²) in [7, 11) is 0. The van der Waals surface area contributed by atoms with E-state index in [1.807, 2.05) is 30.3 Å². The number of aromatic nitrogens is 3. The Balaban J connectivity index is 2.17. The molecule has 18 heavy (non-hydrogen) atoms. The van der Waals surface area contributed by atoms with Crippen molar-refractivity contribution in [2.45, 2.75) is 12.6 Å². The molecule has 0 aliphatic rings. The van der Waals surface area contributed by atoms with Gasteiger partial charge in [0.05, 0.1) is 12.6 Å². The van der Waals surface area contributed by atoms with E-state index in [0.29, 0.717) is 11.3 Å². The van der Waals surface area contributed by atoms with Gasteiger partial charge in [0.15, 0.2) is 0 Å². The number of rotatable bonds is 4. The second-order valence-electron chi connectivity index (χ2n) is 3.64. The molecule has 0 saturated carbocycles. The van der Waals surface area contributed by atoms with Crippen LogP contribution in [0.15, 0.2) is 35.1 Å². The molecule has 1 aromatic carbocycles. The lowest BCUT2D eigenvalue weighted by Gasteiger charge is -2.09. The summed E-state index contributed by atoms with van der Waals surface area (Å²) in [5.41, 5.74) is 6.93. The summed E-state index contributed by atoms with van der Waals surface area (Å²) >= 11 is 3.12. The second kappa shape index (κ2) is 5.23. The lowest BCUT2D eigenvalue weighted by molar-refractivity contribution is -0.394. The maximum Gasteiger partial charge on any atom is 0.492 e. The van der Waals surface area contributed by atoms with E-state index in [1.54, 1.807) is 0 Å². The van der Waals surface area contributed by atoms with Crippen molar-refractivity contribution in [3.05, 3.63) is 50.7 Å². The second-order valence-corrected chi connectivity index (χ2v) is 4.35. The number of halogens is 1. The highest BCUT2D eigenvalue weighted by Gasteiger charge is 2.21. The van der Waals surface area contributed by atoms with E-state index in [2.05, 4.69) is 26.0 Å². The number of nitro groups is 1. The van der Waals surface area contributed by atoms with E-state index in [0.717, 1.165) is 5.56 Å². The molecule has 0 bridgehead atoms. The molecule has 0 aliphatic carbocycles. The summed E-state index contributed by atoms with van der Waals surface area (Å²) in [5, 5.41) is 14.3. The molecule has 94 valence electrons. The first-order valence-electron chi connectivity index (χ1n) is 5.13. The highest BCUT2D eigenvalue weighted by Crippen LogP contribution is 2.17. The average molecular weight is 312 g/mol. The first-order valence-corrected chi connectivity index (χ1v) is 5.92. The maximum absolute atomic E-state index is 10.5. The zero-order valence-corrected chi connectivity index (χ0v) is 10.8. The van der Waals surface area contributed by atoms with Crippen LogP contribution in [-0.2, 0) is 6.54 Å². The predicted octanol–water partition coefficient (Wildman–Crippen LogP) is 1.65. The predicted molar refractivity (Wildman–Crippen MR) is 67.7 cm³/mol. The average Bonchev–Trinajstić information content (AvgIpc) is 2.72. The minimum Gasteiger partial charge on any atom is -0.390 e. The standard InChI is InChI=1S/C10H10BrN5O2/c11-9-13-10(16(17)18)14-15(9)6-8(12)7-4-2-1-3-5-7/h1-5,8H,6,12H2. The van der Waals surface area contributed by atoms with Gasteiger partial charge in [0, 0.05) is 21.0 Å². The third-order valence-electron chi connectivity index (χ3n) is 2.38. The lowest BCUT2D eigenvalue weighted by atomic mass is 10.1. The molecule has 2 aromatic rings. The van der Waals surface area contributed by atoms with Gasteiger partial charge in [-0.1, -0.05) is 30.3 Å². The summed E-state index contributed by atoms with van der Waals surface area (Å²) in [4.78, 5) is 13.6. The molecule has 0 fully saturated rings. The van der Waals surface area contributed by atoms with E-state index in [1.165, 1.54) is 4.68 Å². The molecule has 0 saturated heterocycles. The van der Waals surface area contributed by atoms with Crippen LogP contribution in [0.4, 0.5) is 5.95 Å². The SMILES string of the molecule is NC(Cn1nc([N+](=O)[O-])nc1Br)c1ccccc1. The Labute approximate surface area is 111 Å². The van der Waals surface area contributed by atoms with Gasteiger partial charge in [-0.2, -0.15) is 4.68 Å². The first-order chi connectivity index (χ1) is 8.58. The van der Waals surface area contributed by atoms with Crippen molar-refractivity contribution in [2.75, 3.05) is 0 Å². The van der Waals surface area contributed by atoms with Crippen molar-refractivity contribution in [1.29, 1.82) is 0 Å². The van der Waals surface area contributed by atoms with Crippen LogP contribution in [0.3, 0.4) is 0 Å². The molecule has 8 heteroatoms. The van der Waals surface area contributed by atoms with Gasteiger partial charge in [-0.05, 0) is 15.5 Å². The van der Waals surface area contributed by atoms with Crippen LogP contribution in [0.2, 0.25) is 0 Å². The molecule has 0 radical (unpaired) electrons. The van der Waals surface area contributed by atoms with Crippen LogP contribution in [0.1, 0.15) is 11.6 Å². The zero-order valence-electron chi connectivity index (χ0n) is 9.23. The van der Waals surface area contributed by atoms with E-state index < -0.39 is 10.9 Å². The summed E-state index contributed by atoms with van der Waals surface area (Å²) < 4.78 is 1.66. The Morgan fingerprint density at radius 2 is 2.11 bits per heavy atom. The fourth-order valence-corrected chi connectivity index (χ4v) is 1.88. The molecular formula is C10H10BrN5O2. The molecule has 7 nitrogen and oxygen atoms in total. The van der Waals surface area contributed by atoms with Crippen LogP contribution < -0.4 is 5.73 Å². The summed E-state index contributed by atoms with van der Waals surface area (Å²) in [6, 6.07) is 9.14.